The number of carbonyl (C=O) groups excluding carboxylic acids is 1. The molecule has 1 aromatic carbocycles. The van der Waals surface area contributed by atoms with Crippen LogP contribution in [0.15, 0.2) is 45.7 Å². The first-order chi connectivity index (χ1) is 13.5. The summed E-state index contributed by atoms with van der Waals surface area (Å²) in [5.74, 6) is 0.185. The highest BCUT2D eigenvalue weighted by Crippen LogP contribution is 2.22. The van der Waals surface area contributed by atoms with Crippen LogP contribution in [0.25, 0.3) is 10.2 Å². The summed E-state index contributed by atoms with van der Waals surface area (Å²) in [6, 6.07) is 8.14. The predicted octanol–water partition coefficient (Wildman–Crippen LogP) is 3.90. The molecule has 8 heteroatoms. The molecule has 3 rings (SSSR count). The van der Waals surface area contributed by atoms with Gasteiger partial charge < -0.3 is 5.32 Å². The van der Waals surface area contributed by atoms with Crippen molar-refractivity contribution in [1.29, 1.82) is 0 Å². The number of rotatable bonds is 8. The number of thioether (sulfide) groups is 1. The van der Waals surface area contributed by atoms with Crippen molar-refractivity contribution in [2.75, 3.05) is 12.3 Å². The minimum atomic E-state index is -0.372. The molecule has 0 atom stereocenters. The summed E-state index contributed by atoms with van der Waals surface area (Å²) in [5.41, 5.74) is 0.791. The first-order valence-corrected chi connectivity index (χ1v) is 10.9. The van der Waals surface area contributed by atoms with Crippen molar-refractivity contribution in [3.05, 3.63) is 57.4 Å². The summed E-state index contributed by atoms with van der Waals surface area (Å²) < 4.78 is 16.1. The smallest absolute Gasteiger partial charge is 0.272 e. The Hall–Kier alpha value is -2.19. The minimum absolute atomic E-state index is 0.0731. The zero-order valence-corrected chi connectivity index (χ0v) is 17.4. The maximum absolute atomic E-state index is 14.1. The Labute approximate surface area is 171 Å². The van der Waals surface area contributed by atoms with E-state index in [1.54, 1.807) is 29.6 Å². The molecule has 148 valence electrons. The molecule has 0 aliphatic rings. The monoisotopic (exact) mass is 419 g/mol. The third-order valence-corrected chi connectivity index (χ3v) is 6.06. The van der Waals surface area contributed by atoms with Gasteiger partial charge in [0.25, 0.3) is 5.56 Å². The molecule has 0 radical (unpaired) electrons. The Morgan fingerprint density at radius 3 is 2.86 bits per heavy atom. The van der Waals surface area contributed by atoms with E-state index >= 15 is 0 Å². The number of amides is 1. The molecule has 0 saturated heterocycles. The fraction of sp³-hybridized carbons (Fsp3) is 0.350. The van der Waals surface area contributed by atoms with Crippen LogP contribution < -0.4 is 10.9 Å². The van der Waals surface area contributed by atoms with Crippen molar-refractivity contribution in [3.63, 3.8) is 0 Å². The molecule has 0 saturated carbocycles. The topological polar surface area (TPSA) is 64.0 Å². The number of nitrogens with zero attached hydrogens (tertiary/aromatic N) is 2. The number of hydrogen-bond donors (Lipinski definition) is 1. The standard InChI is InChI=1S/C20H22FN3O2S2/c1-13(2)7-9-22-17(25)12-28-20-23-16-8-10-27-18(16)19(26)24(20)11-14-5-3-4-6-15(14)21/h3-6,8,10,13H,7,9,11-12H2,1-2H3,(H,22,25). The summed E-state index contributed by atoms with van der Waals surface area (Å²) in [5, 5.41) is 5.10. The fourth-order valence-electron chi connectivity index (χ4n) is 2.65. The highest BCUT2D eigenvalue weighted by atomic mass is 32.2. The van der Waals surface area contributed by atoms with Crippen LogP contribution in [-0.2, 0) is 11.3 Å². The number of hydrogen-bond acceptors (Lipinski definition) is 5. The second-order valence-electron chi connectivity index (χ2n) is 6.83. The molecule has 3 aromatic rings. The van der Waals surface area contributed by atoms with E-state index in [1.165, 1.54) is 33.7 Å². The molecule has 0 aliphatic heterocycles. The number of thiophene rings is 1. The molecule has 1 amide bonds. The average molecular weight is 420 g/mol. The van der Waals surface area contributed by atoms with Crippen molar-refractivity contribution < 1.29 is 9.18 Å². The van der Waals surface area contributed by atoms with E-state index in [4.69, 9.17) is 0 Å². The van der Waals surface area contributed by atoms with Crippen molar-refractivity contribution in [1.82, 2.24) is 14.9 Å². The van der Waals surface area contributed by atoms with E-state index in [2.05, 4.69) is 24.1 Å². The van der Waals surface area contributed by atoms with Gasteiger partial charge >= 0.3 is 0 Å². The average Bonchev–Trinajstić information content (AvgIpc) is 3.12. The molecule has 0 fully saturated rings. The van der Waals surface area contributed by atoms with Crippen LogP contribution in [0.2, 0.25) is 0 Å². The highest BCUT2D eigenvalue weighted by Gasteiger charge is 2.15. The summed E-state index contributed by atoms with van der Waals surface area (Å²) in [6.45, 7) is 4.89. The van der Waals surface area contributed by atoms with Crippen LogP contribution in [-0.4, -0.2) is 27.8 Å². The molecule has 0 spiro atoms. The lowest BCUT2D eigenvalue weighted by atomic mass is 10.1. The van der Waals surface area contributed by atoms with Gasteiger partial charge in [0.1, 0.15) is 10.5 Å². The lowest BCUT2D eigenvalue weighted by Crippen LogP contribution is -2.28. The van der Waals surface area contributed by atoms with Gasteiger partial charge in [-0.05, 0) is 29.9 Å². The Morgan fingerprint density at radius 2 is 2.11 bits per heavy atom. The molecule has 0 bridgehead atoms. The number of aromatic nitrogens is 2. The number of fused-ring (bicyclic) bond motifs is 1. The molecule has 5 nitrogen and oxygen atoms in total. The molecule has 2 heterocycles. The Kier molecular flexibility index (Phi) is 6.85. The molecule has 28 heavy (non-hydrogen) atoms. The lowest BCUT2D eigenvalue weighted by Gasteiger charge is -2.13. The number of halogens is 1. The number of carbonyl (C=O) groups is 1. The van der Waals surface area contributed by atoms with E-state index in [9.17, 15) is 14.0 Å². The first kappa shape index (κ1) is 20.5. The minimum Gasteiger partial charge on any atom is -0.355 e. The van der Waals surface area contributed by atoms with Gasteiger partial charge in [-0.3, -0.25) is 14.2 Å². The van der Waals surface area contributed by atoms with Crippen molar-refractivity contribution in [2.45, 2.75) is 32.0 Å². The largest absolute Gasteiger partial charge is 0.355 e. The van der Waals surface area contributed by atoms with E-state index in [-0.39, 0.29) is 29.6 Å². The molecule has 0 unspecified atom stereocenters. The van der Waals surface area contributed by atoms with Crippen LogP contribution >= 0.6 is 23.1 Å². The van der Waals surface area contributed by atoms with Crippen LogP contribution in [0.4, 0.5) is 4.39 Å². The SMILES string of the molecule is CC(C)CCNC(=O)CSc1nc2ccsc2c(=O)n1Cc1ccccc1F. The lowest BCUT2D eigenvalue weighted by molar-refractivity contribution is -0.118. The highest BCUT2D eigenvalue weighted by molar-refractivity contribution is 7.99. The summed E-state index contributed by atoms with van der Waals surface area (Å²) in [7, 11) is 0. The van der Waals surface area contributed by atoms with E-state index < -0.39 is 0 Å². The molecular weight excluding hydrogens is 397 g/mol. The number of benzene rings is 1. The van der Waals surface area contributed by atoms with Crippen LogP contribution in [0.1, 0.15) is 25.8 Å². The fourth-order valence-corrected chi connectivity index (χ4v) is 4.26. The maximum Gasteiger partial charge on any atom is 0.272 e. The maximum atomic E-state index is 14.1. The van der Waals surface area contributed by atoms with E-state index in [1.807, 2.05) is 0 Å². The quantitative estimate of drug-likeness (QED) is 0.444. The van der Waals surface area contributed by atoms with Crippen molar-refractivity contribution in [3.8, 4) is 0 Å². The van der Waals surface area contributed by atoms with Gasteiger partial charge in [0.2, 0.25) is 5.91 Å². The van der Waals surface area contributed by atoms with Gasteiger partial charge in [0.15, 0.2) is 5.16 Å². The molecular formula is C20H22FN3O2S2. The van der Waals surface area contributed by atoms with Crippen LogP contribution in [0.3, 0.4) is 0 Å². The Balaban J connectivity index is 1.83. The summed E-state index contributed by atoms with van der Waals surface area (Å²) in [6.07, 6.45) is 0.910. The van der Waals surface area contributed by atoms with Gasteiger partial charge in [-0.1, -0.05) is 43.8 Å². The van der Waals surface area contributed by atoms with Gasteiger partial charge in [-0.2, -0.15) is 0 Å². The second-order valence-corrected chi connectivity index (χ2v) is 8.69. The van der Waals surface area contributed by atoms with Gasteiger partial charge in [0, 0.05) is 12.1 Å². The van der Waals surface area contributed by atoms with Crippen LogP contribution in [0, 0.1) is 11.7 Å². The van der Waals surface area contributed by atoms with Gasteiger partial charge in [-0.15, -0.1) is 11.3 Å². The van der Waals surface area contributed by atoms with E-state index in [0.717, 1.165) is 6.42 Å². The zero-order valence-electron chi connectivity index (χ0n) is 15.8. The Morgan fingerprint density at radius 1 is 1.32 bits per heavy atom. The molecule has 0 aliphatic carbocycles. The number of nitrogens with one attached hydrogen (secondary N) is 1. The van der Waals surface area contributed by atoms with Gasteiger partial charge in [0.05, 0.1) is 17.8 Å². The van der Waals surface area contributed by atoms with Crippen molar-refractivity contribution in [2.24, 2.45) is 5.92 Å². The summed E-state index contributed by atoms with van der Waals surface area (Å²) >= 11 is 2.51. The van der Waals surface area contributed by atoms with Crippen LogP contribution in [0.5, 0.6) is 0 Å². The first-order valence-electron chi connectivity index (χ1n) is 9.06. The predicted molar refractivity (Wildman–Crippen MR) is 113 cm³/mol. The third-order valence-electron chi connectivity index (χ3n) is 4.19. The zero-order chi connectivity index (χ0) is 20.1. The third kappa shape index (κ3) is 4.99. The Bertz CT molecular complexity index is 1030. The molecule has 2 aromatic heterocycles. The normalized spacial score (nSPS) is 11.3. The van der Waals surface area contributed by atoms with Gasteiger partial charge in [-0.25, -0.2) is 9.37 Å². The second kappa shape index (κ2) is 9.34. The van der Waals surface area contributed by atoms with Crippen molar-refractivity contribution >= 4 is 39.2 Å². The molecule has 1 N–H and O–H groups in total. The van der Waals surface area contributed by atoms with E-state index in [0.29, 0.717) is 33.4 Å². The summed E-state index contributed by atoms with van der Waals surface area (Å²) in [4.78, 5) is 29.6.